The van der Waals surface area contributed by atoms with Gasteiger partial charge in [0.2, 0.25) is 0 Å². The van der Waals surface area contributed by atoms with Gasteiger partial charge in [-0.2, -0.15) is 0 Å². The Hall–Kier alpha value is -0.650. The Labute approximate surface area is 116 Å². The van der Waals surface area contributed by atoms with Crippen molar-refractivity contribution in [2.24, 2.45) is 5.92 Å². The molecule has 2 unspecified atom stereocenters. The summed E-state index contributed by atoms with van der Waals surface area (Å²) in [5, 5.41) is 12.2. The van der Waals surface area contributed by atoms with E-state index in [0.717, 1.165) is 19.0 Å². The van der Waals surface area contributed by atoms with Crippen LogP contribution in [-0.2, 0) is 9.53 Å². The van der Waals surface area contributed by atoms with Crippen molar-refractivity contribution in [1.29, 1.82) is 0 Å². The van der Waals surface area contributed by atoms with E-state index in [1.54, 1.807) is 7.11 Å². The molecule has 1 aliphatic rings. The largest absolute Gasteiger partial charge is 0.480 e. The molecule has 5 heteroatoms. The van der Waals surface area contributed by atoms with Crippen molar-refractivity contribution >= 4 is 5.97 Å². The van der Waals surface area contributed by atoms with Crippen LogP contribution in [0.25, 0.3) is 0 Å². The van der Waals surface area contributed by atoms with Crippen molar-refractivity contribution in [2.75, 3.05) is 33.4 Å². The summed E-state index contributed by atoms with van der Waals surface area (Å²) in [5.74, 6) is 0.0342. The third-order valence-electron chi connectivity index (χ3n) is 3.92. The van der Waals surface area contributed by atoms with Crippen molar-refractivity contribution in [3.63, 3.8) is 0 Å². The monoisotopic (exact) mass is 272 g/mol. The van der Waals surface area contributed by atoms with E-state index in [1.165, 1.54) is 12.8 Å². The van der Waals surface area contributed by atoms with Crippen LogP contribution in [0.15, 0.2) is 0 Å². The smallest absolute Gasteiger partial charge is 0.320 e. The molecular weight excluding hydrogens is 244 g/mol. The van der Waals surface area contributed by atoms with E-state index in [0.29, 0.717) is 25.6 Å². The van der Waals surface area contributed by atoms with Crippen LogP contribution < -0.4 is 5.32 Å². The molecule has 0 heterocycles. The van der Waals surface area contributed by atoms with Gasteiger partial charge >= 0.3 is 5.97 Å². The second-order valence-electron chi connectivity index (χ2n) is 5.34. The van der Waals surface area contributed by atoms with E-state index < -0.39 is 12.0 Å². The van der Waals surface area contributed by atoms with Crippen LogP contribution in [0.5, 0.6) is 0 Å². The van der Waals surface area contributed by atoms with Gasteiger partial charge in [-0.15, -0.1) is 0 Å². The summed E-state index contributed by atoms with van der Waals surface area (Å²) < 4.78 is 5.15. The number of nitrogens with one attached hydrogen (secondary N) is 1. The Kier molecular flexibility index (Phi) is 7.34. The molecule has 0 spiro atoms. The molecular formula is C14H28N2O3. The quantitative estimate of drug-likeness (QED) is 0.591. The first kappa shape index (κ1) is 16.4. The molecule has 19 heavy (non-hydrogen) atoms. The maximum absolute atomic E-state index is 11.1. The van der Waals surface area contributed by atoms with Gasteiger partial charge in [0.05, 0.1) is 6.61 Å². The molecule has 2 N–H and O–H groups in total. The van der Waals surface area contributed by atoms with Crippen LogP contribution in [-0.4, -0.2) is 61.4 Å². The molecule has 5 nitrogen and oxygen atoms in total. The zero-order valence-electron chi connectivity index (χ0n) is 12.4. The predicted molar refractivity (Wildman–Crippen MR) is 75.4 cm³/mol. The Balaban J connectivity index is 2.43. The van der Waals surface area contributed by atoms with Gasteiger partial charge in [-0.05, 0) is 38.6 Å². The summed E-state index contributed by atoms with van der Waals surface area (Å²) in [6.07, 6.45) is 3.25. The first-order chi connectivity index (χ1) is 9.10. The minimum Gasteiger partial charge on any atom is -0.480 e. The molecule has 0 aromatic rings. The van der Waals surface area contributed by atoms with Crippen LogP contribution in [0.1, 0.15) is 33.1 Å². The lowest BCUT2D eigenvalue weighted by Gasteiger charge is -2.30. The maximum atomic E-state index is 11.1. The minimum absolute atomic E-state index is 0.443. The third kappa shape index (κ3) is 5.89. The summed E-state index contributed by atoms with van der Waals surface area (Å²) in [6, 6.07) is 0.0904. The fourth-order valence-electron chi connectivity index (χ4n) is 2.46. The Morgan fingerprint density at radius 3 is 2.63 bits per heavy atom. The van der Waals surface area contributed by atoms with Crippen LogP contribution in [0.2, 0.25) is 0 Å². The van der Waals surface area contributed by atoms with E-state index in [2.05, 4.69) is 17.1 Å². The van der Waals surface area contributed by atoms with Gasteiger partial charge < -0.3 is 15.2 Å². The lowest BCUT2D eigenvalue weighted by atomic mass is 10.1. The van der Waals surface area contributed by atoms with Gasteiger partial charge in [-0.3, -0.25) is 9.69 Å². The van der Waals surface area contributed by atoms with Crippen molar-refractivity contribution in [2.45, 2.75) is 45.2 Å². The summed E-state index contributed by atoms with van der Waals surface area (Å²) in [5.41, 5.74) is 0. The molecule has 0 aromatic carbocycles. The van der Waals surface area contributed by atoms with Gasteiger partial charge in [-0.25, -0.2) is 0 Å². The molecule has 1 fully saturated rings. The number of carboxylic acids is 1. The molecule has 1 aliphatic carbocycles. The number of carboxylic acid groups (broad SMARTS) is 1. The van der Waals surface area contributed by atoms with Crippen molar-refractivity contribution < 1.29 is 14.6 Å². The molecule has 0 aromatic heterocycles. The van der Waals surface area contributed by atoms with Crippen molar-refractivity contribution in [3.8, 4) is 0 Å². The molecule has 2 atom stereocenters. The zero-order chi connectivity index (χ0) is 14.3. The Bertz CT molecular complexity index is 269. The highest BCUT2D eigenvalue weighted by Gasteiger charge is 2.32. The molecule has 0 radical (unpaired) electrons. The van der Waals surface area contributed by atoms with Gasteiger partial charge in [0, 0.05) is 26.2 Å². The van der Waals surface area contributed by atoms with Crippen molar-refractivity contribution in [1.82, 2.24) is 10.2 Å². The average Bonchev–Trinajstić information content (AvgIpc) is 3.20. The molecule has 0 amide bonds. The first-order valence-corrected chi connectivity index (χ1v) is 7.29. The van der Waals surface area contributed by atoms with E-state index in [-0.39, 0.29) is 0 Å². The van der Waals surface area contributed by atoms with Crippen LogP contribution in [0.3, 0.4) is 0 Å². The summed E-state index contributed by atoms with van der Waals surface area (Å²) in [7, 11) is 1.71. The molecule has 112 valence electrons. The average molecular weight is 272 g/mol. The lowest BCUT2D eigenvalue weighted by molar-refractivity contribution is -0.139. The first-order valence-electron chi connectivity index (χ1n) is 7.29. The number of methoxy groups -OCH3 is 1. The summed E-state index contributed by atoms with van der Waals surface area (Å²) >= 11 is 0. The zero-order valence-corrected chi connectivity index (χ0v) is 12.4. The predicted octanol–water partition coefficient (Wildman–Crippen LogP) is 1.19. The molecule has 1 rings (SSSR count). The molecule has 1 saturated carbocycles. The number of likely N-dealkylation sites (N-methyl/N-ethyl adjacent to an activating group) is 1. The number of rotatable bonds is 11. The number of aliphatic carboxylic acids is 1. The number of hydrogen-bond acceptors (Lipinski definition) is 4. The maximum Gasteiger partial charge on any atom is 0.320 e. The van der Waals surface area contributed by atoms with Gasteiger partial charge in [-0.1, -0.05) is 6.92 Å². The van der Waals surface area contributed by atoms with Crippen LogP contribution >= 0.6 is 0 Å². The Morgan fingerprint density at radius 1 is 1.47 bits per heavy atom. The summed E-state index contributed by atoms with van der Waals surface area (Å²) in [6.45, 7) is 7.27. The van der Waals surface area contributed by atoms with Gasteiger partial charge in [0.15, 0.2) is 0 Å². The van der Waals surface area contributed by atoms with Crippen LogP contribution in [0, 0.1) is 5.92 Å². The van der Waals surface area contributed by atoms with Crippen LogP contribution in [0.4, 0.5) is 0 Å². The number of carbonyl (C=O) groups is 1. The van der Waals surface area contributed by atoms with E-state index in [4.69, 9.17) is 9.84 Å². The lowest BCUT2D eigenvalue weighted by Crippen LogP contribution is -2.43. The topological polar surface area (TPSA) is 61.8 Å². The van der Waals surface area contributed by atoms with Crippen molar-refractivity contribution in [3.05, 3.63) is 0 Å². The summed E-state index contributed by atoms with van der Waals surface area (Å²) in [4.78, 5) is 13.5. The minimum atomic E-state index is -0.757. The molecule has 0 saturated heterocycles. The fraction of sp³-hybridized carbons (Fsp3) is 0.929. The normalized spacial score (nSPS) is 18.5. The highest BCUT2D eigenvalue weighted by atomic mass is 16.5. The van der Waals surface area contributed by atoms with E-state index in [9.17, 15) is 4.79 Å². The standard InChI is InChI=1S/C14H28N2O3/c1-4-15-13(14(17)18)7-8-16(9-10-19-3)11(2)12-5-6-12/h11-13,15H,4-10H2,1-3H3,(H,17,18). The third-order valence-corrected chi connectivity index (χ3v) is 3.92. The number of hydrogen-bond donors (Lipinski definition) is 2. The second kappa shape index (κ2) is 8.51. The second-order valence-corrected chi connectivity index (χ2v) is 5.34. The number of nitrogens with zero attached hydrogens (tertiary/aromatic N) is 1. The Morgan fingerprint density at radius 2 is 2.16 bits per heavy atom. The molecule has 0 bridgehead atoms. The highest BCUT2D eigenvalue weighted by molar-refractivity contribution is 5.73. The SMILES string of the molecule is CCNC(CCN(CCOC)C(C)C1CC1)C(=O)O. The van der Waals surface area contributed by atoms with Gasteiger partial charge in [0.1, 0.15) is 6.04 Å². The van der Waals surface area contributed by atoms with Gasteiger partial charge in [0.25, 0.3) is 0 Å². The van der Waals surface area contributed by atoms with E-state index in [1.807, 2.05) is 6.92 Å². The van der Waals surface area contributed by atoms with E-state index >= 15 is 0 Å². The highest BCUT2D eigenvalue weighted by Crippen LogP contribution is 2.35. The molecule has 0 aliphatic heterocycles. The fourth-order valence-corrected chi connectivity index (χ4v) is 2.46. The number of ether oxygens (including phenoxy) is 1.